The first-order valence-electron chi connectivity index (χ1n) is 9.73. The van der Waals surface area contributed by atoms with E-state index in [1.165, 1.54) is 32.1 Å². The van der Waals surface area contributed by atoms with Gasteiger partial charge in [0.05, 0.1) is 0 Å². The van der Waals surface area contributed by atoms with Gasteiger partial charge in [0.1, 0.15) is 17.2 Å². The summed E-state index contributed by atoms with van der Waals surface area (Å²) < 4.78 is 16.3. The smallest absolute Gasteiger partial charge is 0.156 e. The fourth-order valence-electron chi connectivity index (χ4n) is 3.54. The monoisotopic (exact) mass is 344 g/mol. The Balaban J connectivity index is 2.00. The first-order valence-corrected chi connectivity index (χ1v) is 9.73. The molecule has 1 fully saturated rings. The van der Waals surface area contributed by atoms with Gasteiger partial charge in [-0.3, -0.25) is 0 Å². The van der Waals surface area contributed by atoms with Gasteiger partial charge in [-0.25, -0.2) is 4.39 Å². The molecule has 0 aliphatic carbocycles. The highest BCUT2D eigenvalue weighted by Crippen LogP contribution is 2.28. The van der Waals surface area contributed by atoms with Crippen LogP contribution in [0.15, 0.2) is 18.2 Å². The van der Waals surface area contributed by atoms with Gasteiger partial charge < -0.3 is 4.90 Å². The predicted molar refractivity (Wildman–Crippen MR) is 100.0 cm³/mol. The number of hydrogen-bond donors (Lipinski definition) is 0. The van der Waals surface area contributed by atoms with Crippen molar-refractivity contribution in [2.75, 3.05) is 18.0 Å². The molecule has 0 N–H and O–H groups in total. The summed E-state index contributed by atoms with van der Waals surface area (Å²) >= 11 is 0. The van der Waals surface area contributed by atoms with Crippen molar-refractivity contribution in [2.45, 2.75) is 65.2 Å². The van der Waals surface area contributed by atoms with Crippen molar-refractivity contribution >= 4 is 5.82 Å². The Morgan fingerprint density at radius 1 is 1.08 bits per heavy atom. The molecule has 0 radical (unpaired) electrons. The van der Waals surface area contributed by atoms with Crippen LogP contribution in [0.2, 0.25) is 0 Å². The number of hydrogen-bond acceptors (Lipinski definition) is 3. The molecule has 0 atom stereocenters. The van der Waals surface area contributed by atoms with Crippen LogP contribution in [-0.2, 0) is 12.8 Å². The second-order valence-corrected chi connectivity index (χ2v) is 6.92. The van der Waals surface area contributed by atoms with Gasteiger partial charge in [-0.05, 0) is 56.2 Å². The van der Waals surface area contributed by atoms with E-state index in [-0.39, 0.29) is 5.82 Å². The molecule has 5 heteroatoms. The zero-order valence-corrected chi connectivity index (χ0v) is 15.5. The third-order valence-electron chi connectivity index (χ3n) is 5.03. The normalized spacial score (nSPS) is 14.9. The third kappa shape index (κ3) is 4.02. The molecular formula is C20H29FN4. The molecule has 136 valence electrons. The number of nitrogens with zero attached hydrogens (tertiary/aromatic N) is 4. The first-order chi connectivity index (χ1) is 12.2. The molecule has 0 unspecified atom stereocenters. The molecule has 0 spiro atoms. The van der Waals surface area contributed by atoms with Crippen molar-refractivity contribution in [3.8, 4) is 5.69 Å². The molecule has 0 saturated carbocycles. The average molecular weight is 344 g/mol. The number of aromatic nitrogens is 3. The van der Waals surface area contributed by atoms with E-state index >= 15 is 0 Å². The summed E-state index contributed by atoms with van der Waals surface area (Å²) in [5.41, 5.74) is 2.65. The van der Waals surface area contributed by atoms with E-state index in [4.69, 9.17) is 0 Å². The van der Waals surface area contributed by atoms with Crippen molar-refractivity contribution < 1.29 is 4.39 Å². The molecule has 4 nitrogen and oxygen atoms in total. The summed E-state index contributed by atoms with van der Waals surface area (Å²) in [6.07, 6.45) is 8.88. The van der Waals surface area contributed by atoms with E-state index in [9.17, 15) is 4.39 Å². The van der Waals surface area contributed by atoms with Gasteiger partial charge in [-0.1, -0.05) is 38.0 Å². The first kappa shape index (κ1) is 17.9. The molecular weight excluding hydrogens is 315 g/mol. The third-order valence-corrected chi connectivity index (χ3v) is 5.03. The lowest BCUT2D eigenvalue weighted by Gasteiger charge is -2.29. The molecule has 25 heavy (non-hydrogen) atoms. The summed E-state index contributed by atoms with van der Waals surface area (Å²) in [6, 6.07) is 5.30. The van der Waals surface area contributed by atoms with Crippen molar-refractivity contribution in [3.63, 3.8) is 0 Å². The molecule has 1 aromatic heterocycles. The molecule has 1 aromatic carbocycles. The summed E-state index contributed by atoms with van der Waals surface area (Å²) in [5.74, 6) is 0.767. The highest BCUT2D eigenvalue weighted by molar-refractivity contribution is 5.52. The molecule has 2 heterocycles. The SMILES string of the molecule is CCCCCc1nnn(-c2cc(CC)ccc2F)c1N1CCCCC1. The summed E-state index contributed by atoms with van der Waals surface area (Å²) in [4.78, 5) is 2.35. The van der Waals surface area contributed by atoms with Crippen LogP contribution in [0.1, 0.15) is 63.6 Å². The van der Waals surface area contributed by atoms with Crippen LogP contribution in [0.5, 0.6) is 0 Å². The number of aryl methyl sites for hydroxylation is 2. The molecule has 1 aliphatic rings. The lowest BCUT2D eigenvalue weighted by atomic mass is 10.1. The van der Waals surface area contributed by atoms with E-state index < -0.39 is 0 Å². The van der Waals surface area contributed by atoms with Gasteiger partial charge in [0.25, 0.3) is 0 Å². The summed E-state index contributed by atoms with van der Waals surface area (Å²) in [6.45, 7) is 6.29. The Morgan fingerprint density at radius 3 is 2.60 bits per heavy atom. The second-order valence-electron chi connectivity index (χ2n) is 6.92. The van der Waals surface area contributed by atoms with Crippen LogP contribution in [0.25, 0.3) is 5.69 Å². The van der Waals surface area contributed by atoms with Gasteiger partial charge in [-0.2, -0.15) is 4.68 Å². The Bertz CT molecular complexity index is 689. The maximum Gasteiger partial charge on any atom is 0.156 e. The average Bonchev–Trinajstić information content (AvgIpc) is 3.07. The standard InChI is InChI=1S/C20H29FN4/c1-3-5-7-10-18-20(24-13-8-6-9-14-24)25(23-22-18)19-15-16(4-2)11-12-17(19)21/h11-12,15H,3-10,13-14H2,1-2H3. The van der Waals surface area contributed by atoms with E-state index in [0.29, 0.717) is 5.69 Å². The van der Waals surface area contributed by atoms with Crippen LogP contribution in [-0.4, -0.2) is 28.1 Å². The van der Waals surface area contributed by atoms with Crippen molar-refractivity contribution in [3.05, 3.63) is 35.3 Å². The van der Waals surface area contributed by atoms with Crippen LogP contribution >= 0.6 is 0 Å². The topological polar surface area (TPSA) is 34.0 Å². The minimum atomic E-state index is -0.236. The number of benzene rings is 1. The predicted octanol–water partition coefficient (Wildman–Crippen LogP) is 4.69. The number of halogens is 1. The minimum absolute atomic E-state index is 0.236. The Labute approximate surface area is 150 Å². The summed E-state index contributed by atoms with van der Waals surface area (Å²) in [5, 5.41) is 8.80. The lowest BCUT2D eigenvalue weighted by molar-refractivity contribution is 0.560. The highest BCUT2D eigenvalue weighted by Gasteiger charge is 2.23. The van der Waals surface area contributed by atoms with Crippen molar-refractivity contribution in [1.29, 1.82) is 0 Å². The van der Waals surface area contributed by atoms with Crippen LogP contribution < -0.4 is 4.90 Å². The number of rotatable bonds is 7. The number of piperidine rings is 1. The zero-order valence-electron chi connectivity index (χ0n) is 15.5. The molecule has 3 rings (SSSR count). The highest BCUT2D eigenvalue weighted by atomic mass is 19.1. The Morgan fingerprint density at radius 2 is 1.88 bits per heavy atom. The molecule has 0 amide bonds. The maximum atomic E-state index is 14.5. The fourth-order valence-corrected chi connectivity index (χ4v) is 3.54. The van der Waals surface area contributed by atoms with E-state index in [1.54, 1.807) is 10.7 Å². The van der Waals surface area contributed by atoms with Gasteiger partial charge >= 0.3 is 0 Å². The summed E-state index contributed by atoms with van der Waals surface area (Å²) in [7, 11) is 0. The molecule has 2 aromatic rings. The largest absolute Gasteiger partial charge is 0.355 e. The van der Waals surface area contributed by atoms with Gasteiger partial charge in [0, 0.05) is 13.1 Å². The second kappa shape index (κ2) is 8.45. The van der Waals surface area contributed by atoms with Crippen LogP contribution in [0.4, 0.5) is 10.2 Å². The zero-order chi connectivity index (χ0) is 17.6. The quantitative estimate of drug-likeness (QED) is 0.683. The Hall–Kier alpha value is -1.91. The van der Waals surface area contributed by atoms with Gasteiger partial charge in [0.15, 0.2) is 5.82 Å². The van der Waals surface area contributed by atoms with Crippen LogP contribution in [0.3, 0.4) is 0 Å². The fraction of sp³-hybridized carbons (Fsp3) is 0.600. The van der Waals surface area contributed by atoms with E-state index in [2.05, 4.69) is 29.1 Å². The molecule has 1 aliphatic heterocycles. The maximum absolute atomic E-state index is 14.5. The van der Waals surface area contributed by atoms with Gasteiger partial charge in [0.2, 0.25) is 0 Å². The molecule has 1 saturated heterocycles. The lowest BCUT2D eigenvalue weighted by Crippen LogP contribution is -2.32. The van der Waals surface area contributed by atoms with Crippen LogP contribution in [0, 0.1) is 5.82 Å². The van der Waals surface area contributed by atoms with E-state index in [1.807, 2.05) is 12.1 Å². The molecule has 0 bridgehead atoms. The van der Waals surface area contributed by atoms with Gasteiger partial charge in [-0.15, -0.1) is 5.10 Å². The van der Waals surface area contributed by atoms with E-state index in [0.717, 1.165) is 49.4 Å². The van der Waals surface area contributed by atoms with Crippen molar-refractivity contribution in [1.82, 2.24) is 15.0 Å². The number of unbranched alkanes of at least 4 members (excludes halogenated alkanes) is 2. The minimum Gasteiger partial charge on any atom is -0.355 e. The number of anilines is 1. The Kier molecular flexibility index (Phi) is 6.05. The van der Waals surface area contributed by atoms with Crippen molar-refractivity contribution in [2.24, 2.45) is 0 Å².